The number of alkyl halides is 2. The average Bonchev–Trinajstić information content (AvgIpc) is 1.97. The van der Waals surface area contributed by atoms with Crippen LogP contribution in [0, 0.1) is 6.92 Å². The molecule has 0 aromatic carbocycles. The summed E-state index contributed by atoms with van der Waals surface area (Å²) in [5.74, 6) is -2.99. The van der Waals surface area contributed by atoms with Crippen LogP contribution in [-0.4, -0.2) is 4.98 Å². The zero-order valence-electron chi connectivity index (χ0n) is 7.04. The number of hydrogen-bond donors (Lipinski definition) is 0. The highest BCUT2D eigenvalue weighted by atomic mass is 35.5. The molecule has 0 saturated carbocycles. The lowest BCUT2D eigenvalue weighted by molar-refractivity contribution is 0.0126. The van der Waals surface area contributed by atoms with E-state index in [4.69, 9.17) is 23.2 Å². The SMILES string of the molecule is Cc1nc(C(C)(F)F)cc(Cl)c1Cl. The third kappa shape index (κ3) is 2.29. The lowest BCUT2D eigenvalue weighted by atomic mass is 10.2. The zero-order valence-corrected chi connectivity index (χ0v) is 8.55. The summed E-state index contributed by atoms with van der Waals surface area (Å²) in [5.41, 5.74) is -0.0508. The van der Waals surface area contributed by atoms with E-state index < -0.39 is 5.92 Å². The molecular weight excluding hydrogens is 219 g/mol. The van der Waals surface area contributed by atoms with Crippen LogP contribution in [0.3, 0.4) is 0 Å². The second kappa shape index (κ2) is 3.39. The first kappa shape index (κ1) is 10.7. The maximum Gasteiger partial charge on any atom is 0.287 e. The molecule has 0 aliphatic carbocycles. The van der Waals surface area contributed by atoms with Gasteiger partial charge in [0.2, 0.25) is 0 Å². The minimum absolute atomic E-state index is 0.102. The molecule has 1 aromatic heterocycles. The standard InChI is InChI=1S/C8H7Cl2F2N/c1-4-7(10)5(9)3-6(13-4)8(2,11)12/h3H,1-2H3. The molecule has 0 N–H and O–H groups in total. The van der Waals surface area contributed by atoms with Gasteiger partial charge in [0.1, 0.15) is 5.69 Å². The predicted molar refractivity (Wildman–Crippen MR) is 48.6 cm³/mol. The third-order valence-corrected chi connectivity index (χ3v) is 2.40. The Morgan fingerprint density at radius 1 is 1.38 bits per heavy atom. The van der Waals surface area contributed by atoms with Gasteiger partial charge in [-0.3, -0.25) is 4.98 Å². The van der Waals surface area contributed by atoms with E-state index in [0.29, 0.717) is 5.69 Å². The second-order valence-electron chi connectivity index (χ2n) is 2.78. The molecule has 0 aliphatic heterocycles. The molecule has 1 nitrogen and oxygen atoms in total. The average molecular weight is 226 g/mol. The third-order valence-electron chi connectivity index (χ3n) is 1.53. The van der Waals surface area contributed by atoms with Crippen LogP contribution in [0.2, 0.25) is 10.0 Å². The summed E-state index contributed by atoms with van der Waals surface area (Å²) in [6.07, 6.45) is 0. The Bertz CT molecular complexity index is 310. The number of aryl methyl sites for hydroxylation is 1. The summed E-state index contributed by atoms with van der Waals surface area (Å²) >= 11 is 11.3. The van der Waals surface area contributed by atoms with Crippen molar-refractivity contribution in [3.05, 3.63) is 27.5 Å². The smallest absolute Gasteiger partial charge is 0.250 e. The van der Waals surface area contributed by atoms with E-state index in [1.807, 2.05) is 0 Å². The van der Waals surface area contributed by atoms with E-state index in [1.54, 1.807) is 0 Å². The van der Waals surface area contributed by atoms with Crippen molar-refractivity contribution < 1.29 is 8.78 Å². The molecule has 1 heterocycles. The molecule has 0 fully saturated rings. The summed E-state index contributed by atoms with van der Waals surface area (Å²) in [6.45, 7) is 2.29. The van der Waals surface area contributed by atoms with Crippen molar-refractivity contribution >= 4 is 23.2 Å². The topological polar surface area (TPSA) is 12.9 Å². The van der Waals surface area contributed by atoms with E-state index in [-0.39, 0.29) is 15.7 Å². The molecule has 1 aromatic rings. The molecule has 13 heavy (non-hydrogen) atoms. The van der Waals surface area contributed by atoms with Crippen LogP contribution in [0.1, 0.15) is 18.3 Å². The van der Waals surface area contributed by atoms with E-state index in [9.17, 15) is 8.78 Å². The van der Waals surface area contributed by atoms with E-state index in [1.165, 1.54) is 6.92 Å². The van der Waals surface area contributed by atoms with Gasteiger partial charge in [0.15, 0.2) is 0 Å². The summed E-state index contributed by atoms with van der Waals surface area (Å²) < 4.78 is 25.6. The highest BCUT2D eigenvalue weighted by Crippen LogP contribution is 2.31. The fourth-order valence-electron chi connectivity index (χ4n) is 0.843. The Labute approximate surface area is 84.7 Å². The van der Waals surface area contributed by atoms with Gasteiger partial charge in [-0.1, -0.05) is 23.2 Å². The minimum Gasteiger partial charge on any atom is -0.250 e. The van der Waals surface area contributed by atoms with Crippen LogP contribution in [0.5, 0.6) is 0 Å². The minimum atomic E-state index is -2.99. The van der Waals surface area contributed by atoms with Gasteiger partial charge in [0.25, 0.3) is 5.92 Å². The van der Waals surface area contributed by atoms with Crippen molar-refractivity contribution in [1.82, 2.24) is 4.98 Å². The number of nitrogens with zero attached hydrogens (tertiary/aromatic N) is 1. The summed E-state index contributed by atoms with van der Waals surface area (Å²) in [7, 11) is 0. The molecule has 0 spiro atoms. The molecule has 72 valence electrons. The first-order valence-corrected chi connectivity index (χ1v) is 4.29. The first-order chi connectivity index (χ1) is 5.82. The molecule has 0 amide bonds. The Morgan fingerprint density at radius 3 is 2.31 bits per heavy atom. The van der Waals surface area contributed by atoms with Gasteiger partial charge in [-0.05, 0) is 13.0 Å². The van der Waals surface area contributed by atoms with Crippen molar-refractivity contribution in [3.8, 4) is 0 Å². The highest BCUT2D eigenvalue weighted by molar-refractivity contribution is 6.42. The van der Waals surface area contributed by atoms with E-state index in [0.717, 1.165) is 13.0 Å². The van der Waals surface area contributed by atoms with Crippen molar-refractivity contribution in [2.45, 2.75) is 19.8 Å². The largest absolute Gasteiger partial charge is 0.287 e. The lowest BCUT2D eigenvalue weighted by Gasteiger charge is -2.11. The maximum absolute atomic E-state index is 12.8. The van der Waals surface area contributed by atoms with Crippen molar-refractivity contribution in [1.29, 1.82) is 0 Å². The molecule has 5 heteroatoms. The van der Waals surface area contributed by atoms with Crippen molar-refractivity contribution in [2.75, 3.05) is 0 Å². The summed E-state index contributed by atoms with van der Waals surface area (Å²) in [5, 5.41) is 0.320. The van der Waals surface area contributed by atoms with Crippen LogP contribution in [0.25, 0.3) is 0 Å². The van der Waals surface area contributed by atoms with Crippen LogP contribution >= 0.6 is 23.2 Å². The quantitative estimate of drug-likeness (QED) is 0.709. The predicted octanol–water partition coefficient (Wildman–Crippen LogP) is 3.81. The Kier molecular flexibility index (Phi) is 2.78. The molecular formula is C8H7Cl2F2N. The van der Waals surface area contributed by atoms with Gasteiger partial charge in [-0.25, -0.2) is 0 Å². The summed E-state index contributed by atoms with van der Waals surface area (Å²) in [6, 6.07) is 1.08. The van der Waals surface area contributed by atoms with Crippen LogP contribution in [0.4, 0.5) is 8.78 Å². The van der Waals surface area contributed by atoms with Crippen LogP contribution in [0.15, 0.2) is 6.07 Å². The van der Waals surface area contributed by atoms with Crippen molar-refractivity contribution in [2.24, 2.45) is 0 Å². The number of pyridine rings is 1. The van der Waals surface area contributed by atoms with Gasteiger partial charge in [-0.2, -0.15) is 8.78 Å². The van der Waals surface area contributed by atoms with Gasteiger partial charge in [-0.15, -0.1) is 0 Å². The monoisotopic (exact) mass is 225 g/mol. The zero-order chi connectivity index (χ0) is 10.2. The van der Waals surface area contributed by atoms with Crippen LogP contribution < -0.4 is 0 Å². The highest BCUT2D eigenvalue weighted by Gasteiger charge is 2.27. The molecule has 0 saturated heterocycles. The number of rotatable bonds is 1. The fourth-order valence-corrected chi connectivity index (χ4v) is 1.18. The summed E-state index contributed by atoms with van der Waals surface area (Å²) in [4.78, 5) is 3.64. The molecule has 0 unspecified atom stereocenters. The van der Waals surface area contributed by atoms with E-state index >= 15 is 0 Å². The van der Waals surface area contributed by atoms with Gasteiger partial charge < -0.3 is 0 Å². The fraction of sp³-hybridized carbons (Fsp3) is 0.375. The Morgan fingerprint density at radius 2 is 1.92 bits per heavy atom. The Hall–Kier alpha value is -0.410. The molecule has 1 rings (SSSR count). The molecule has 0 radical (unpaired) electrons. The van der Waals surface area contributed by atoms with Gasteiger partial charge in [0.05, 0.1) is 15.7 Å². The Balaban J connectivity index is 3.29. The normalized spacial score (nSPS) is 11.8. The number of hydrogen-bond acceptors (Lipinski definition) is 1. The van der Waals surface area contributed by atoms with Gasteiger partial charge in [0, 0.05) is 6.92 Å². The molecule has 0 atom stereocenters. The molecule has 0 bridgehead atoms. The maximum atomic E-state index is 12.8. The lowest BCUT2D eigenvalue weighted by Crippen LogP contribution is -2.10. The van der Waals surface area contributed by atoms with Crippen LogP contribution in [-0.2, 0) is 5.92 Å². The molecule has 0 aliphatic rings. The van der Waals surface area contributed by atoms with Gasteiger partial charge >= 0.3 is 0 Å². The van der Waals surface area contributed by atoms with Crippen molar-refractivity contribution in [3.63, 3.8) is 0 Å². The second-order valence-corrected chi connectivity index (χ2v) is 3.56. The van der Waals surface area contributed by atoms with E-state index in [2.05, 4.69) is 4.98 Å². The number of halogens is 4. The number of aromatic nitrogens is 1. The first-order valence-electron chi connectivity index (χ1n) is 3.53.